The lowest BCUT2D eigenvalue weighted by molar-refractivity contribution is 0.0443. The minimum atomic E-state index is 0.0598. The van der Waals surface area contributed by atoms with Crippen molar-refractivity contribution in [2.75, 3.05) is 13.1 Å². The third-order valence-corrected chi connectivity index (χ3v) is 4.17. The number of hydrogen-bond acceptors (Lipinski definition) is 2. The monoisotopic (exact) mass is 244 g/mol. The molecule has 3 heteroatoms. The summed E-state index contributed by atoms with van der Waals surface area (Å²) in [6.07, 6.45) is 5.26. The largest absolute Gasteiger partial charge is 0.336 e. The highest BCUT2D eigenvalue weighted by molar-refractivity contribution is 5.94. The molecule has 2 aliphatic heterocycles. The first-order chi connectivity index (χ1) is 8.83. The van der Waals surface area contributed by atoms with Crippen LogP contribution in [0.4, 0.5) is 0 Å². The van der Waals surface area contributed by atoms with E-state index in [4.69, 9.17) is 0 Å². The summed E-state index contributed by atoms with van der Waals surface area (Å²) in [5, 5.41) is 3.18. The minimum Gasteiger partial charge on any atom is -0.336 e. The quantitative estimate of drug-likeness (QED) is 0.865. The van der Waals surface area contributed by atoms with Gasteiger partial charge < -0.3 is 5.32 Å². The molecule has 1 amide bonds. The number of hydrogen-bond donors (Lipinski definition) is 1. The van der Waals surface area contributed by atoms with Crippen LogP contribution in [0.25, 0.3) is 0 Å². The number of fused-ring (bicyclic) bond motifs is 2. The van der Waals surface area contributed by atoms with Gasteiger partial charge in [0.25, 0.3) is 5.91 Å². The van der Waals surface area contributed by atoms with E-state index in [9.17, 15) is 4.79 Å². The Hall–Kier alpha value is -1.35. The zero-order chi connectivity index (χ0) is 12.4. The highest BCUT2D eigenvalue weighted by Crippen LogP contribution is 2.28. The van der Waals surface area contributed by atoms with Crippen LogP contribution < -0.4 is 5.32 Å². The predicted octanol–water partition coefficient (Wildman–Crippen LogP) is 2.25. The molecule has 3 unspecified atom stereocenters. The third-order valence-electron chi connectivity index (χ3n) is 4.17. The fourth-order valence-corrected chi connectivity index (χ4v) is 3.18. The first-order valence-corrected chi connectivity index (χ1v) is 6.93. The Labute approximate surface area is 108 Å². The van der Waals surface area contributed by atoms with Gasteiger partial charge in [0.2, 0.25) is 0 Å². The van der Waals surface area contributed by atoms with E-state index in [1.807, 2.05) is 30.3 Å². The van der Waals surface area contributed by atoms with Crippen LogP contribution in [0, 0.1) is 5.92 Å². The maximum absolute atomic E-state index is 12.1. The summed E-state index contributed by atoms with van der Waals surface area (Å²) >= 11 is 0. The Kier molecular flexibility index (Phi) is 3.33. The predicted molar refractivity (Wildman–Crippen MR) is 71.2 cm³/mol. The van der Waals surface area contributed by atoms with Crippen molar-refractivity contribution >= 4 is 5.91 Å². The van der Waals surface area contributed by atoms with Crippen molar-refractivity contribution in [1.82, 2.24) is 10.2 Å². The normalized spacial score (nSPS) is 30.8. The molecule has 2 fully saturated rings. The van der Waals surface area contributed by atoms with Crippen molar-refractivity contribution in [3.63, 3.8) is 0 Å². The molecule has 18 heavy (non-hydrogen) atoms. The fraction of sp³-hybridized carbons (Fsp3) is 0.533. The number of carbonyl (C=O) groups excluding carboxylic acids is 1. The van der Waals surface area contributed by atoms with Crippen molar-refractivity contribution in [3.8, 4) is 0 Å². The van der Waals surface area contributed by atoms with E-state index in [0.717, 1.165) is 24.4 Å². The summed E-state index contributed by atoms with van der Waals surface area (Å²) in [4.78, 5) is 14.6. The van der Waals surface area contributed by atoms with E-state index in [1.165, 1.54) is 25.8 Å². The van der Waals surface area contributed by atoms with Gasteiger partial charge in [-0.1, -0.05) is 18.2 Å². The second-order valence-corrected chi connectivity index (χ2v) is 5.44. The van der Waals surface area contributed by atoms with Gasteiger partial charge in [0, 0.05) is 18.7 Å². The van der Waals surface area contributed by atoms with E-state index in [0.29, 0.717) is 0 Å². The number of rotatable bonds is 2. The third kappa shape index (κ3) is 2.41. The van der Waals surface area contributed by atoms with E-state index >= 15 is 0 Å². The van der Waals surface area contributed by atoms with Crippen molar-refractivity contribution in [2.45, 2.75) is 31.8 Å². The molecule has 3 nitrogen and oxygen atoms in total. The second-order valence-electron chi connectivity index (χ2n) is 5.44. The highest BCUT2D eigenvalue weighted by atomic mass is 16.1. The number of amides is 1. The van der Waals surface area contributed by atoms with E-state index in [2.05, 4.69) is 10.2 Å². The summed E-state index contributed by atoms with van der Waals surface area (Å²) in [6.45, 7) is 2.30. The zero-order valence-corrected chi connectivity index (χ0v) is 10.6. The number of benzene rings is 1. The van der Waals surface area contributed by atoms with Crippen LogP contribution in [0.15, 0.2) is 30.3 Å². The molecule has 2 aliphatic rings. The smallest absolute Gasteiger partial charge is 0.252 e. The summed E-state index contributed by atoms with van der Waals surface area (Å²) in [6, 6.07) is 9.50. The molecule has 96 valence electrons. The summed E-state index contributed by atoms with van der Waals surface area (Å²) < 4.78 is 0. The Morgan fingerprint density at radius 1 is 1.17 bits per heavy atom. The van der Waals surface area contributed by atoms with Gasteiger partial charge in [-0.3, -0.25) is 9.69 Å². The molecule has 0 spiro atoms. The van der Waals surface area contributed by atoms with Gasteiger partial charge in [-0.05, 0) is 43.7 Å². The number of carbonyl (C=O) groups is 1. The zero-order valence-electron chi connectivity index (χ0n) is 10.6. The topological polar surface area (TPSA) is 32.3 Å². The van der Waals surface area contributed by atoms with Gasteiger partial charge in [-0.25, -0.2) is 0 Å². The molecule has 0 aliphatic carbocycles. The van der Waals surface area contributed by atoms with Crippen LogP contribution in [-0.2, 0) is 0 Å². The maximum atomic E-state index is 12.1. The van der Waals surface area contributed by atoms with Crippen LogP contribution in [0.3, 0.4) is 0 Å². The standard InChI is InChI=1S/C15H20N2O/c18-15(13-6-2-1-3-7-13)16-14-9-8-12-5-4-10-17(14)11-12/h1-3,6-7,12,14H,4-5,8-11H2,(H,16,18). The molecule has 1 N–H and O–H groups in total. The lowest BCUT2D eigenvalue weighted by atomic mass is 9.88. The highest BCUT2D eigenvalue weighted by Gasteiger charge is 2.31. The Morgan fingerprint density at radius 3 is 2.83 bits per heavy atom. The number of piperidine rings is 2. The van der Waals surface area contributed by atoms with Crippen LogP contribution in [0.5, 0.6) is 0 Å². The fourth-order valence-electron chi connectivity index (χ4n) is 3.18. The molecular weight excluding hydrogens is 224 g/mol. The van der Waals surface area contributed by atoms with Crippen molar-refractivity contribution in [1.29, 1.82) is 0 Å². The van der Waals surface area contributed by atoms with Crippen LogP contribution in [-0.4, -0.2) is 30.1 Å². The van der Waals surface area contributed by atoms with Crippen LogP contribution >= 0.6 is 0 Å². The summed E-state index contributed by atoms with van der Waals surface area (Å²) in [5.41, 5.74) is 0.761. The maximum Gasteiger partial charge on any atom is 0.252 e. The summed E-state index contributed by atoms with van der Waals surface area (Å²) in [7, 11) is 0. The molecule has 1 aromatic rings. The lowest BCUT2D eigenvalue weighted by Gasteiger charge is -2.43. The SMILES string of the molecule is O=C(NC1CCC2CCCN1C2)c1ccccc1. The molecule has 2 saturated heterocycles. The van der Waals surface area contributed by atoms with Gasteiger partial charge in [0.1, 0.15) is 0 Å². The van der Waals surface area contributed by atoms with Crippen molar-refractivity contribution in [3.05, 3.63) is 35.9 Å². The molecule has 3 rings (SSSR count). The molecule has 0 aromatic heterocycles. The van der Waals surface area contributed by atoms with Gasteiger partial charge >= 0.3 is 0 Å². The molecule has 2 heterocycles. The first-order valence-electron chi connectivity index (χ1n) is 6.93. The number of nitrogens with one attached hydrogen (secondary N) is 1. The molecule has 2 bridgehead atoms. The number of nitrogens with zero attached hydrogens (tertiary/aromatic N) is 1. The van der Waals surface area contributed by atoms with Gasteiger partial charge in [-0.15, -0.1) is 0 Å². The molecule has 0 saturated carbocycles. The second kappa shape index (κ2) is 5.11. The molecule has 3 atom stereocenters. The Morgan fingerprint density at radius 2 is 2.00 bits per heavy atom. The average Bonchev–Trinajstić information content (AvgIpc) is 2.43. The van der Waals surface area contributed by atoms with Crippen molar-refractivity contribution < 1.29 is 4.79 Å². The van der Waals surface area contributed by atoms with Gasteiger partial charge in [0.15, 0.2) is 0 Å². The Balaban J connectivity index is 1.64. The first kappa shape index (κ1) is 11.7. The van der Waals surface area contributed by atoms with Gasteiger partial charge in [-0.2, -0.15) is 0 Å². The molecule has 1 aromatic carbocycles. The molecule has 0 radical (unpaired) electrons. The average molecular weight is 244 g/mol. The van der Waals surface area contributed by atoms with E-state index < -0.39 is 0 Å². The van der Waals surface area contributed by atoms with Crippen molar-refractivity contribution in [2.24, 2.45) is 5.92 Å². The lowest BCUT2D eigenvalue weighted by Crippen LogP contribution is -2.54. The minimum absolute atomic E-state index is 0.0598. The van der Waals surface area contributed by atoms with E-state index in [1.54, 1.807) is 0 Å². The van der Waals surface area contributed by atoms with Crippen LogP contribution in [0.2, 0.25) is 0 Å². The summed E-state index contributed by atoms with van der Waals surface area (Å²) in [5.74, 6) is 0.924. The molecular formula is C15H20N2O. The van der Waals surface area contributed by atoms with Crippen LogP contribution in [0.1, 0.15) is 36.0 Å². The van der Waals surface area contributed by atoms with Gasteiger partial charge in [0.05, 0.1) is 6.17 Å². The Bertz CT molecular complexity index is 418. The van der Waals surface area contributed by atoms with E-state index in [-0.39, 0.29) is 12.1 Å².